The Morgan fingerprint density at radius 2 is 2.04 bits per heavy atom. The summed E-state index contributed by atoms with van der Waals surface area (Å²) in [4.78, 5) is 30.8. The summed E-state index contributed by atoms with van der Waals surface area (Å²) in [6.07, 6.45) is 3.21. The first-order valence-electron chi connectivity index (χ1n) is 8.69. The smallest absolute Gasteiger partial charge is 0.256 e. The monoisotopic (exact) mass is 345 g/mol. The lowest BCUT2D eigenvalue weighted by Gasteiger charge is -2.19. The van der Waals surface area contributed by atoms with Gasteiger partial charge in [-0.2, -0.15) is 0 Å². The molecule has 0 bridgehead atoms. The van der Waals surface area contributed by atoms with Crippen LogP contribution in [0.15, 0.2) is 54.7 Å². The van der Waals surface area contributed by atoms with Crippen LogP contribution in [-0.4, -0.2) is 23.3 Å². The van der Waals surface area contributed by atoms with Crippen LogP contribution in [0, 0.1) is 6.92 Å². The lowest BCUT2D eigenvalue weighted by atomic mass is 10.1. The van der Waals surface area contributed by atoms with Gasteiger partial charge in [-0.1, -0.05) is 12.1 Å². The summed E-state index contributed by atoms with van der Waals surface area (Å²) in [5, 5.41) is 3.77. The molecule has 1 N–H and O–H groups in total. The third-order valence-corrected chi connectivity index (χ3v) is 4.71. The maximum Gasteiger partial charge on any atom is 0.256 e. The number of hydrogen-bond acceptors (Lipinski definition) is 3. The van der Waals surface area contributed by atoms with Gasteiger partial charge in [0.05, 0.1) is 5.52 Å². The number of aromatic nitrogens is 1. The molecule has 4 rings (SSSR count). The number of fused-ring (bicyclic) bond motifs is 1. The van der Waals surface area contributed by atoms with Gasteiger partial charge in [-0.25, -0.2) is 0 Å². The molecule has 26 heavy (non-hydrogen) atoms. The highest BCUT2D eigenvalue weighted by Crippen LogP contribution is 2.28. The highest BCUT2D eigenvalue weighted by atomic mass is 16.2. The Morgan fingerprint density at radius 1 is 1.15 bits per heavy atom. The Bertz CT molecular complexity index is 1010. The van der Waals surface area contributed by atoms with Gasteiger partial charge in [0.15, 0.2) is 0 Å². The van der Waals surface area contributed by atoms with Gasteiger partial charge in [0, 0.05) is 41.5 Å². The third-order valence-electron chi connectivity index (χ3n) is 4.71. The van der Waals surface area contributed by atoms with Crippen LogP contribution in [0.25, 0.3) is 10.9 Å². The van der Waals surface area contributed by atoms with Crippen LogP contribution >= 0.6 is 0 Å². The average molecular weight is 345 g/mol. The number of carbonyl (C=O) groups is 2. The van der Waals surface area contributed by atoms with Crippen molar-refractivity contribution in [1.29, 1.82) is 0 Å². The topological polar surface area (TPSA) is 62.3 Å². The third kappa shape index (κ3) is 2.92. The van der Waals surface area contributed by atoms with Crippen molar-refractivity contribution in [2.75, 3.05) is 16.8 Å². The van der Waals surface area contributed by atoms with Crippen molar-refractivity contribution in [3.63, 3.8) is 0 Å². The molecule has 1 aromatic heterocycles. The lowest BCUT2D eigenvalue weighted by molar-refractivity contribution is -0.117. The first-order valence-corrected chi connectivity index (χ1v) is 8.69. The predicted octanol–water partition coefficient (Wildman–Crippen LogP) is 3.92. The maximum absolute atomic E-state index is 12.7. The Hall–Kier alpha value is -3.21. The first kappa shape index (κ1) is 16.3. The number of benzene rings is 2. The van der Waals surface area contributed by atoms with E-state index in [2.05, 4.69) is 10.3 Å². The highest BCUT2D eigenvalue weighted by molar-refractivity contribution is 6.12. The molecular formula is C21H19N3O2. The van der Waals surface area contributed by atoms with E-state index in [1.54, 1.807) is 12.3 Å². The summed E-state index contributed by atoms with van der Waals surface area (Å²) >= 11 is 0. The Morgan fingerprint density at radius 3 is 2.81 bits per heavy atom. The number of hydrogen-bond donors (Lipinski definition) is 1. The van der Waals surface area contributed by atoms with Crippen molar-refractivity contribution < 1.29 is 9.59 Å². The van der Waals surface area contributed by atoms with E-state index in [9.17, 15) is 9.59 Å². The molecular weight excluding hydrogens is 326 g/mol. The van der Waals surface area contributed by atoms with E-state index in [4.69, 9.17) is 0 Å². The number of amides is 2. The number of rotatable bonds is 3. The van der Waals surface area contributed by atoms with Gasteiger partial charge in [-0.15, -0.1) is 0 Å². The fraction of sp³-hybridized carbons (Fsp3) is 0.190. The van der Waals surface area contributed by atoms with Crippen LogP contribution in [0.5, 0.6) is 0 Å². The first-order chi connectivity index (χ1) is 12.6. The Labute approximate surface area is 151 Å². The normalized spacial score (nSPS) is 14.0. The molecule has 0 radical (unpaired) electrons. The predicted molar refractivity (Wildman–Crippen MR) is 102 cm³/mol. The number of pyridine rings is 1. The quantitative estimate of drug-likeness (QED) is 0.782. The van der Waals surface area contributed by atoms with E-state index in [1.165, 1.54) is 0 Å². The molecule has 5 heteroatoms. The fourth-order valence-electron chi connectivity index (χ4n) is 3.44. The molecule has 0 unspecified atom stereocenters. The fourth-order valence-corrected chi connectivity index (χ4v) is 3.44. The molecule has 0 spiro atoms. The second-order valence-electron chi connectivity index (χ2n) is 6.48. The zero-order valence-corrected chi connectivity index (χ0v) is 14.5. The molecule has 2 amide bonds. The number of aryl methyl sites for hydroxylation is 1. The van der Waals surface area contributed by atoms with E-state index in [1.807, 2.05) is 54.3 Å². The van der Waals surface area contributed by atoms with E-state index < -0.39 is 0 Å². The number of nitrogens with one attached hydrogen (secondary N) is 1. The number of nitrogens with zero attached hydrogens (tertiary/aromatic N) is 2. The molecule has 0 atom stereocenters. The summed E-state index contributed by atoms with van der Waals surface area (Å²) in [6, 6.07) is 14.9. The van der Waals surface area contributed by atoms with Gasteiger partial charge < -0.3 is 10.2 Å². The van der Waals surface area contributed by atoms with Crippen molar-refractivity contribution in [2.24, 2.45) is 0 Å². The SMILES string of the molecule is Cc1cc(NC(=O)c2cccc3ncccc23)ccc1N1CCCC1=O. The summed E-state index contributed by atoms with van der Waals surface area (Å²) in [5.41, 5.74) is 3.98. The van der Waals surface area contributed by atoms with Crippen LogP contribution < -0.4 is 10.2 Å². The van der Waals surface area contributed by atoms with E-state index in [-0.39, 0.29) is 11.8 Å². The molecule has 0 saturated carbocycles. The summed E-state index contributed by atoms with van der Waals surface area (Å²) in [7, 11) is 0. The van der Waals surface area contributed by atoms with Crippen LogP contribution in [0.3, 0.4) is 0 Å². The van der Waals surface area contributed by atoms with Gasteiger partial charge in [-0.3, -0.25) is 14.6 Å². The Balaban J connectivity index is 1.60. The minimum Gasteiger partial charge on any atom is -0.322 e. The maximum atomic E-state index is 12.7. The molecule has 130 valence electrons. The number of anilines is 2. The molecule has 3 aromatic rings. The minimum atomic E-state index is -0.173. The molecule has 0 aliphatic carbocycles. The summed E-state index contributed by atoms with van der Waals surface area (Å²) in [6.45, 7) is 2.72. The van der Waals surface area contributed by atoms with E-state index >= 15 is 0 Å². The standard InChI is InChI=1S/C21H19N3O2/c1-14-13-15(9-10-19(14)24-12-4-8-20(24)25)23-21(26)17-5-2-7-18-16(17)6-3-11-22-18/h2-3,5-7,9-11,13H,4,8,12H2,1H3,(H,23,26). The van der Waals surface area contributed by atoms with Gasteiger partial charge in [0.1, 0.15) is 0 Å². The van der Waals surface area contributed by atoms with Crippen molar-refractivity contribution >= 4 is 34.1 Å². The van der Waals surface area contributed by atoms with Crippen LogP contribution in [0.1, 0.15) is 28.8 Å². The van der Waals surface area contributed by atoms with Crippen molar-refractivity contribution in [3.05, 3.63) is 65.9 Å². The summed E-state index contributed by atoms with van der Waals surface area (Å²) in [5.74, 6) is -0.0128. The molecule has 1 aliphatic rings. The minimum absolute atomic E-state index is 0.160. The van der Waals surface area contributed by atoms with Crippen LogP contribution in [0.4, 0.5) is 11.4 Å². The second kappa shape index (κ2) is 6.59. The molecule has 2 aromatic carbocycles. The van der Waals surface area contributed by atoms with Crippen molar-refractivity contribution in [1.82, 2.24) is 4.98 Å². The average Bonchev–Trinajstić information content (AvgIpc) is 3.07. The molecule has 1 saturated heterocycles. The van der Waals surface area contributed by atoms with Gasteiger partial charge >= 0.3 is 0 Å². The largest absolute Gasteiger partial charge is 0.322 e. The van der Waals surface area contributed by atoms with Crippen molar-refractivity contribution in [2.45, 2.75) is 19.8 Å². The molecule has 2 heterocycles. The van der Waals surface area contributed by atoms with Crippen LogP contribution in [-0.2, 0) is 4.79 Å². The molecule has 5 nitrogen and oxygen atoms in total. The number of carbonyl (C=O) groups excluding carboxylic acids is 2. The van der Waals surface area contributed by atoms with Gasteiger partial charge in [0.25, 0.3) is 5.91 Å². The lowest BCUT2D eigenvalue weighted by Crippen LogP contribution is -2.24. The second-order valence-corrected chi connectivity index (χ2v) is 6.48. The molecule has 1 aliphatic heterocycles. The van der Waals surface area contributed by atoms with Gasteiger partial charge in [-0.05, 0) is 55.3 Å². The summed E-state index contributed by atoms with van der Waals surface area (Å²) < 4.78 is 0. The Kier molecular flexibility index (Phi) is 4.13. The van der Waals surface area contributed by atoms with E-state index in [0.717, 1.165) is 35.1 Å². The molecule has 1 fully saturated rings. The zero-order chi connectivity index (χ0) is 18.1. The van der Waals surface area contributed by atoms with Gasteiger partial charge in [0.2, 0.25) is 5.91 Å². The van der Waals surface area contributed by atoms with Crippen molar-refractivity contribution in [3.8, 4) is 0 Å². The van der Waals surface area contributed by atoms with E-state index in [0.29, 0.717) is 17.7 Å². The zero-order valence-electron chi connectivity index (χ0n) is 14.5. The van der Waals surface area contributed by atoms with Crippen LogP contribution in [0.2, 0.25) is 0 Å². The highest BCUT2D eigenvalue weighted by Gasteiger charge is 2.23.